The van der Waals surface area contributed by atoms with Crippen LogP contribution in [-0.2, 0) is 0 Å². The third-order valence-electron chi connectivity index (χ3n) is 2.81. The Labute approximate surface area is 94.9 Å². The molecule has 0 aromatic carbocycles. The minimum absolute atomic E-state index is 0.0921. The van der Waals surface area contributed by atoms with Crippen LogP contribution in [0.2, 0.25) is 0 Å². The van der Waals surface area contributed by atoms with Gasteiger partial charge in [-0.15, -0.1) is 11.8 Å². The lowest BCUT2D eigenvalue weighted by atomic mass is 10.1. The van der Waals surface area contributed by atoms with Crippen LogP contribution in [0, 0.1) is 0 Å². The van der Waals surface area contributed by atoms with Crippen molar-refractivity contribution in [2.45, 2.75) is 22.8 Å². The highest BCUT2D eigenvalue weighted by molar-refractivity contribution is 8.00. The molecule has 2 aliphatic heterocycles. The number of hydrogen-bond donors (Lipinski definition) is 2. The predicted molar refractivity (Wildman–Crippen MR) is 56.4 cm³/mol. The number of fused-ring (bicyclic) bond motifs is 3. The summed E-state index contributed by atoms with van der Waals surface area (Å²) in [6.07, 6.45) is 0.433. The first kappa shape index (κ1) is 10.1. The molecule has 2 N–H and O–H groups in total. The van der Waals surface area contributed by atoms with Crippen molar-refractivity contribution in [3.63, 3.8) is 0 Å². The number of rotatable bonds is 1. The molecule has 0 saturated carbocycles. The molecule has 3 heterocycles. The Balaban J connectivity index is 1.99. The Morgan fingerprint density at radius 2 is 2.44 bits per heavy atom. The van der Waals surface area contributed by atoms with Gasteiger partial charge in [0.1, 0.15) is 11.5 Å². The second-order valence-electron chi connectivity index (χ2n) is 3.78. The maximum absolute atomic E-state index is 11.0. The second kappa shape index (κ2) is 3.47. The molecule has 3 rings (SSSR count). The highest BCUT2D eigenvalue weighted by Crippen LogP contribution is 2.47. The van der Waals surface area contributed by atoms with Gasteiger partial charge in [0.15, 0.2) is 6.10 Å². The maximum Gasteiger partial charge on any atom is 0.301 e. The summed E-state index contributed by atoms with van der Waals surface area (Å²) < 4.78 is 7.14. The van der Waals surface area contributed by atoms with E-state index < -0.39 is 12.2 Å². The van der Waals surface area contributed by atoms with Gasteiger partial charge in [-0.1, -0.05) is 0 Å². The zero-order chi connectivity index (χ0) is 11.3. The van der Waals surface area contributed by atoms with E-state index in [0.717, 1.165) is 0 Å². The molecule has 2 aliphatic rings. The fourth-order valence-electron chi connectivity index (χ4n) is 2.02. The third-order valence-corrected chi connectivity index (χ3v) is 4.36. The van der Waals surface area contributed by atoms with Gasteiger partial charge in [0.25, 0.3) is 5.56 Å². The number of ether oxygens (including phenoxy) is 1. The quantitative estimate of drug-likeness (QED) is 0.655. The Morgan fingerprint density at radius 1 is 1.62 bits per heavy atom. The van der Waals surface area contributed by atoms with Gasteiger partial charge in [-0.05, 0) is 0 Å². The summed E-state index contributed by atoms with van der Waals surface area (Å²) in [6, 6.07) is 1.60. The Bertz CT molecular complexity index is 477. The van der Waals surface area contributed by atoms with E-state index >= 15 is 0 Å². The zero-order valence-electron chi connectivity index (χ0n) is 8.18. The van der Waals surface area contributed by atoms with Crippen molar-refractivity contribution < 1.29 is 14.9 Å². The molecule has 0 aliphatic carbocycles. The standard InChI is InChI=1S/C9H10N2O4S/c12-3-4-6(14)7-8(16-4)11-2-1-5(13)10-9(11)15-7/h1-2,4,6-8,12,14H,3H2/t4-,6-,7?,8-/m1/s1. The Morgan fingerprint density at radius 3 is 3.19 bits per heavy atom. The molecule has 86 valence electrons. The van der Waals surface area contributed by atoms with Crippen molar-refractivity contribution in [3.05, 3.63) is 22.6 Å². The van der Waals surface area contributed by atoms with Gasteiger partial charge in [-0.2, -0.15) is 4.98 Å². The van der Waals surface area contributed by atoms with Gasteiger partial charge in [-0.25, -0.2) is 0 Å². The van der Waals surface area contributed by atoms with Gasteiger partial charge < -0.3 is 14.9 Å². The van der Waals surface area contributed by atoms with E-state index in [0.29, 0.717) is 0 Å². The van der Waals surface area contributed by atoms with Gasteiger partial charge in [0.05, 0.1) is 11.9 Å². The topological polar surface area (TPSA) is 84.6 Å². The number of hydrogen-bond acceptors (Lipinski definition) is 6. The number of aliphatic hydroxyl groups is 2. The fourth-order valence-corrected chi connectivity index (χ4v) is 3.44. The maximum atomic E-state index is 11.0. The minimum atomic E-state index is -0.739. The molecule has 1 aromatic rings. The van der Waals surface area contributed by atoms with Crippen molar-refractivity contribution >= 4 is 11.8 Å². The molecule has 0 amide bonds. The predicted octanol–water partition coefficient (Wildman–Crippen LogP) is -1.03. The smallest absolute Gasteiger partial charge is 0.301 e. The first-order valence-electron chi connectivity index (χ1n) is 4.91. The molecule has 4 atom stereocenters. The normalized spacial score (nSPS) is 35.6. The molecule has 1 unspecified atom stereocenters. The van der Waals surface area contributed by atoms with Crippen molar-refractivity contribution in [3.8, 4) is 6.01 Å². The fraction of sp³-hybridized carbons (Fsp3) is 0.556. The van der Waals surface area contributed by atoms with Crippen LogP contribution < -0.4 is 10.3 Å². The first-order chi connectivity index (χ1) is 7.70. The van der Waals surface area contributed by atoms with Crippen LogP contribution in [0.3, 0.4) is 0 Å². The zero-order valence-corrected chi connectivity index (χ0v) is 9.00. The lowest BCUT2D eigenvalue weighted by molar-refractivity contribution is 0.0437. The van der Waals surface area contributed by atoms with E-state index in [-0.39, 0.29) is 28.8 Å². The average Bonchev–Trinajstić information content (AvgIpc) is 2.75. The minimum Gasteiger partial charge on any atom is -0.455 e. The molecule has 1 saturated heterocycles. The van der Waals surface area contributed by atoms with Crippen LogP contribution in [0.4, 0.5) is 0 Å². The highest BCUT2D eigenvalue weighted by atomic mass is 32.2. The van der Waals surface area contributed by atoms with Gasteiger partial charge >= 0.3 is 6.01 Å². The molecule has 0 bridgehead atoms. The van der Waals surface area contributed by atoms with E-state index in [1.807, 2.05) is 0 Å². The van der Waals surface area contributed by atoms with Crippen molar-refractivity contribution in [1.82, 2.24) is 9.55 Å². The summed E-state index contributed by atoms with van der Waals surface area (Å²) in [7, 11) is 0. The van der Waals surface area contributed by atoms with Gasteiger partial charge in [0.2, 0.25) is 0 Å². The van der Waals surface area contributed by atoms with Crippen molar-refractivity contribution in [2.75, 3.05) is 6.61 Å². The molecule has 6 nitrogen and oxygen atoms in total. The molecule has 0 radical (unpaired) electrons. The lowest BCUT2D eigenvalue weighted by Crippen LogP contribution is -2.34. The van der Waals surface area contributed by atoms with Crippen molar-refractivity contribution in [1.29, 1.82) is 0 Å². The molecular formula is C9H10N2O4S. The van der Waals surface area contributed by atoms with E-state index in [1.165, 1.54) is 17.8 Å². The first-order valence-corrected chi connectivity index (χ1v) is 5.85. The van der Waals surface area contributed by atoms with Crippen LogP contribution in [0.1, 0.15) is 5.37 Å². The molecule has 1 aromatic heterocycles. The number of aromatic nitrogens is 2. The van der Waals surface area contributed by atoms with Crippen LogP contribution >= 0.6 is 11.8 Å². The van der Waals surface area contributed by atoms with Crippen LogP contribution in [0.15, 0.2) is 17.1 Å². The van der Waals surface area contributed by atoms with Crippen LogP contribution in [-0.4, -0.2) is 43.8 Å². The number of aliphatic hydroxyl groups excluding tert-OH is 2. The summed E-state index contributed by atoms with van der Waals surface area (Å²) in [6.45, 7) is -0.0921. The van der Waals surface area contributed by atoms with Crippen LogP contribution in [0.25, 0.3) is 0 Å². The summed E-state index contributed by atoms with van der Waals surface area (Å²) in [4.78, 5) is 14.8. The summed E-state index contributed by atoms with van der Waals surface area (Å²) in [5, 5.41) is 18.6. The van der Waals surface area contributed by atoms with E-state index in [9.17, 15) is 9.90 Å². The Kier molecular flexibility index (Phi) is 2.20. The molecule has 1 fully saturated rings. The van der Waals surface area contributed by atoms with Crippen molar-refractivity contribution in [2.24, 2.45) is 0 Å². The largest absolute Gasteiger partial charge is 0.455 e. The second-order valence-corrected chi connectivity index (χ2v) is 5.14. The van der Waals surface area contributed by atoms with Crippen LogP contribution in [0.5, 0.6) is 6.01 Å². The summed E-state index contributed by atoms with van der Waals surface area (Å²) >= 11 is 1.43. The lowest BCUT2D eigenvalue weighted by Gasteiger charge is -2.14. The van der Waals surface area contributed by atoms with E-state index in [2.05, 4.69) is 4.98 Å². The summed E-state index contributed by atoms with van der Waals surface area (Å²) in [5.74, 6) is 0. The van der Waals surface area contributed by atoms with E-state index in [1.54, 1.807) is 10.8 Å². The molecule has 7 heteroatoms. The Hall–Kier alpha value is -1.05. The molecular weight excluding hydrogens is 232 g/mol. The number of thioether (sulfide) groups is 1. The van der Waals surface area contributed by atoms with Gasteiger partial charge in [-0.3, -0.25) is 9.36 Å². The molecule has 0 spiro atoms. The molecule has 16 heavy (non-hydrogen) atoms. The number of nitrogens with zero attached hydrogens (tertiary/aromatic N) is 2. The van der Waals surface area contributed by atoms with Gasteiger partial charge in [0, 0.05) is 12.3 Å². The SMILES string of the molecule is O=c1ccn2c(n1)OC1[C@H]2S[C@H](CO)[C@H]1O. The average molecular weight is 242 g/mol. The highest BCUT2D eigenvalue weighted by Gasteiger charge is 2.50. The third kappa shape index (κ3) is 1.28. The van der Waals surface area contributed by atoms with E-state index in [4.69, 9.17) is 9.84 Å². The monoisotopic (exact) mass is 242 g/mol. The summed E-state index contributed by atoms with van der Waals surface area (Å²) in [5.41, 5.74) is -0.357.